The fourth-order valence-electron chi connectivity index (χ4n) is 11.1. The van der Waals surface area contributed by atoms with Crippen molar-refractivity contribution >= 4 is 5.97 Å². The van der Waals surface area contributed by atoms with E-state index in [1.807, 2.05) is 32.0 Å². The summed E-state index contributed by atoms with van der Waals surface area (Å²) in [6.45, 7) is 17.3. The zero-order chi connectivity index (χ0) is 39.9. The number of aliphatic hydroxyl groups is 1. The minimum Gasteiger partial charge on any atom is -0.550 e. The first-order valence-electron chi connectivity index (χ1n) is 21.0. The molecule has 1 aromatic rings. The molecule has 0 aliphatic carbocycles. The molecule has 0 amide bonds. The summed E-state index contributed by atoms with van der Waals surface area (Å²) in [4.78, 5) is 11.8. The summed E-state index contributed by atoms with van der Waals surface area (Å²) in [5, 5.41) is 23.2. The van der Waals surface area contributed by atoms with Gasteiger partial charge in [0.15, 0.2) is 11.6 Å². The van der Waals surface area contributed by atoms with Gasteiger partial charge < -0.3 is 52.9 Å². The second-order valence-electron chi connectivity index (χ2n) is 18.3. The molecule has 5 heterocycles. The van der Waals surface area contributed by atoms with Crippen molar-refractivity contribution in [3.05, 3.63) is 35.9 Å². The highest BCUT2D eigenvalue weighted by atomic mass is 16.7. The molecule has 17 atom stereocenters. The monoisotopic (exact) mass is 773 g/mol. The Bertz CT molecular complexity index is 1430. The molecule has 5 fully saturated rings. The highest BCUT2D eigenvalue weighted by Gasteiger charge is 2.62. The van der Waals surface area contributed by atoms with Gasteiger partial charge >= 0.3 is 0 Å². The first kappa shape index (κ1) is 42.9. The number of hydrogen-bond acceptors (Lipinski definition) is 11. The Labute approximate surface area is 329 Å². The summed E-state index contributed by atoms with van der Waals surface area (Å²) in [5.74, 6) is -3.75. The van der Waals surface area contributed by atoms with Gasteiger partial charge in [-0.2, -0.15) is 0 Å². The second-order valence-corrected chi connectivity index (χ2v) is 18.3. The van der Waals surface area contributed by atoms with Crippen molar-refractivity contribution in [2.75, 3.05) is 20.8 Å². The van der Waals surface area contributed by atoms with Gasteiger partial charge in [-0.3, -0.25) is 0 Å². The average molecular weight is 774 g/mol. The van der Waals surface area contributed by atoms with E-state index in [2.05, 4.69) is 46.8 Å². The van der Waals surface area contributed by atoms with E-state index in [1.54, 1.807) is 14.0 Å². The van der Waals surface area contributed by atoms with Crippen LogP contribution in [0, 0.1) is 35.5 Å². The van der Waals surface area contributed by atoms with Crippen molar-refractivity contribution in [2.45, 2.75) is 179 Å². The van der Waals surface area contributed by atoms with Crippen LogP contribution in [0.15, 0.2) is 30.3 Å². The van der Waals surface area contributed by atoms with Crippen LogP contribution in [0.1, 0.15) is 112 Å². The van der Waals surface area contributed by atoms with E-state index in [0.717, 1.165) is 37.7 Å². The molecule has 0 radical (unpaired) electrons. The maximum Gasteiger partial charge on any atom is 0.194 e. The molecule has 55 heavy (non-hydrogen) atoms. The fourth-order valence-corrected chi connectivity index (χ4v) is 11.1. The van der Waals surface area contributed by atoms with Gasteiger partial charge in [0.25, 0.3) is 0 Å². The van der Waals surface area contributed by atoms with Crippen molar-refractivity contribution in [3.63, 3.8) is 0 Å². The number of methoxy groups -OCH3 is 2. The number of rotatable bonds is 14. The van der Waals surface area contributed by atoms with Crippen LogP contribution in [-0.4, -0.2) is 97.4 Å². The van der Waals surface area contributed by atoms with Gasteiger partial charge in [-0.1, -0.05) is 78.8 Å². The summed E-state index contributed by atoms with van der Waals surface area (Å²) < 4.78 is 53.1. The molecule has 312 valence electrons. The molecule has 11 nitrogen and oxygen atoms in total. The van der Waals surface area contributed by atoms with Crippen molar-refractivity contribution in [2.24, 2.45) is 35.5 Å². The van der Waals surface area contributed by atoms with Crippen molar-refractivity contribution in [1.29, 1.82) is 0 Å². The van der Waals surface area contributed by atoms with Crippen LogP contribution < -0.4 is 5.11 Å². The van der Waals surface area contributed by atoms with Gasteiger partial charge in [0.1, 0.15) is 6.61 Å². The number of aliphatic hydroxyl groups excluding tert-OH is 1. The Morgan fingerprint density at radius 2 is 1.73 bits per heavy atom. The van der Waals surface area contributed by atoms with E-state index in [-0.39, 0.29) is 54.0 Å². The van der Waals surface area contributed by atoms with Gasteiger partial charge in [-0.25, -0.2) is 0 Å². The largest absolute Gasteiger partial charge is 0.550 e. The summed E-state index contributed by atoms with van der Waals surface area (Å²) in [5.41, 5.74) is -0.00278. The summed E-state index contributed by atoms with van der Waals surface area (Å²) in [6, 6.07) is 10.2. The van der Waals surface area contributed by atoms with E-state index in [9.17, 15) is 15.0 Å². The van der Waals surface area contributed by atoms with Crippen molar-refractivity contribution < 1.29 is 52.9 Å². The number of carboxylic acid groups (broad SMARTS) is 1. The van der Waals surface area contributed by atoms with Crippen LogP contribution in [0.4, 0.5) is 0 Å². The topological polar surface area (TPSA) is 134 Å². The Balaban J connectivity index is 1.12. The maximum atomic E-state index is 11.8. The predicted molar refractivity (Wildman–Crippen MR) is 203 cm³/mol. The van der Waals surface area contributed by atoms with Crippen LogP contribution in [0.5, 0.6) is 0 Å². The molecule has 1 N–H and O–H groups in total. The van der Waals surface area contributed by atoms with E-state index < -0.39 is 53.0 Å². The average Bonchev–Trinajstić information content (AvgIpc) is 3.87. The Kier molecular flexibility index (Phi) is 13.2. The third-order valence-corrected chi connectivity index (χ3v) is 14.5. The Morgan fingerprint density at radius 1 is 1.00 bits per heavy atom. The highest BCUT2D eigenvalue weighted by Crippen LogP contribution is 2.55. The normalized spacial score (nSPS) is 45.1. The van der Waals surface area contributed by atoms with Crippen LogP contribution in [-0.2, 0) is 49.3 Å². The molecule has 11 heteroatoms. The zero-order valence-electron chi connectivity index (χ0n) is 35.0. The van der Waals surface area contributed by atoms with Crippen LogP contribution in [0.2, 0.25) is 0 Å². The number of ether oxygens (including phenoxy) is 8. The smallest absolute Gasteiger partial charge is 0.194 e. The molecule has 0 bridgehead atoms. The van der Waals surface area contributed by atoms with Crippen LogP contribution in [0.25, 0.3) is 0 Å². The molecule has 1 aromatic carbocycles. The molecule has 0 unspecified atom stereocenters. The highest BCUT2D eigenvalue weighted by molar-refractivity contribution is 5.67. The summed E-state index contributed by atoms with van der Waals surface area (Å²) in [7, 11) is 3.23. The lowest BCUT2D eigenvalue weighted by Crippen LogP contribution is -2.57. The Hall–Kier alpha value is -1.67. The molecule has 5 aliphatic heterocycles. The van der Waals surface area contributed by atoms with Gasteiger partial charge in [-0.15, -0.1) is 0 Å². The fraction of sp³-hybridized carbons (Fsp3) is 0.841. The minimum absolute atomic E-state index is 0.104. The summed E-state index contributed by atoms with van der Waals surface area (Å²) in [6.07, 6.45) is 3.62. The van der Waals surface area contributed by atoms with E-state index in [1.165, 1.54) is 7.11 Å². The van der Waals surface area contributed by atoms with Gasteiger partial charge in [-0.05, 0) is 62.8 Å². The molecule has 5 aliphatic rings. The van der Waals surface area contributed by atoms with Gasteiger partial charge in [0.05, 0.1) is 60.5 Å². The molecule has 0 saturated carbocycles. The summed E-state index contributed by atoms with van der Waals surface area (Å²) >= 11 is 0. The molecule has 1 spiro atoms. The van der Waals surface area contributed by atoms with Gasteiger partial charge in [0.2, 0.25) is 0 Å². The van der Waals surface area contributed by atoms with Gasteiger partial charge in [0, 0.05) is 56.7 Å². The molecule has 0 aromatic heterocycles. The molecular weight excluding hydrogens is 704 g/mol. The third kappa shape index (κ3) is 8.31. The second kappa shape index (κ2) is 16.9. The maximum absolute atomic E-state index is 11.8. The Morgan fingerprint density at radius 3 is 2.38 bits per heavy atom. The van der Waals surface area contributed by atoms with Crippen LogP contribution >= 0.6 is 0 Å². The number of hydrogen-bond donors (Lipinski definition) is 1. The van der Waals surface area contributed by atoms with E-state index >= 15 is 0 Å². The lowest BCUT2D eigenvalue weighted by atomic mass is 9.78. The predicted octanol–water partition coefficient (Wildman–Crippen LogP) is 5.82. The van der Waals surface area contributed by atoms with E-state index in [4.69, 9.17) is 37.9 Å². The number of aliphatic carboxylic acids is 1. The first-order chi connectivity index (χ1) is 26.0. The lowest BCUT2D eigenvalue weighted by molar-refractivity contribution is -0.340. The SMILES string of the molecule is CC[C@@]1([C@@H]2O[C@@H]([C@H]3O[C@](COCc4ccccc4)(OC)[C@H](C)C[C@@H]3C)C[C@@H]2C)CC[C@H]([C@]2(C)CC[C@]3(C[C@H](O)[C@@H](C)[C@@H]([C@@H](C)[C@@H](OC)[C@H](C)C(=O)[O-])O3)O2)O1. The van der Waals surface area contributed by atoms with Crippen molar-refractivity contribution in [3.8, 4) is 0 Å². The molecular formula is C44H69O11-. The minimum atomic E-state index is -1.17. The van der Waals surface area contributed by atoms with Crippen LogP contribution in [0.3, 0.4) is 0 Å². The molecule has 6 rings (SSSR count). The standard InChI is InChI=1S/C44H70O11/c1-11-42(39-27(3)22-34(51-39)36-26(2)21-28(4)44(49-10,54-36)25-50-24-32-15-13-12-14-16-32)18-17-35(52-42)41(8)19-20-43(55-41)23-33(45)29(5)38(53-43)30(6)37(48-9)31(7)40(46)47/h12-16,26-31,33-39,45H,11,17-25H2,1-10H3,(H,46,47)/p-1/t26-,27-,28+,29+,30-,31-,33-,34+,35+,36-,37+,38-,39+,41-,42-,43+,44-/m0/s1. The number of carbonyl (C=O) groups is 1. The first-order valence-corrected chi connectivity index (χ1v) is 21.0. The number of carboxylic acids is 1. The number of carbonyl (C=O) groups excluding carboxylic acids is 1. The zero-order valence-corrected chi connectivity index (χ0v) is 35.0. The molecule has 5 saturated heterocycles. The number of benzene rings is 1. The quantitative estimate of drug-likeness (QED) is 0.245. The van der Waals surface area contributed by atoms with E-state index in [0.29, 0.717) is 32.5 Å². The third-order valence-electron chi connectivity index (χ3n) is 14.5. The lowest BCUT2D eigenvalue weighted by Gasteiger charge is -2.49. The van der Waals surface area contributed by atoms with Crippen molar-refractivity contribution in [1.82, 2.24) is 0 Å².